The van der Waals surface area contributed by atoms with Crippen molar-refractivity contribution < 1.29 is 18.3 Å². The molecule has 0 aliphatic heterocycles. The maximum absolute atomic E-state index is 12.3. The normalized spacial score (nSPS) is 11.1. The molecule has 0 atom stereocenters. The minimum Gasteiger partial charge on any atom is -0.481 e. The lowest BCUT2D eigenvalue weighted by Crippen LogP contribution is -2.15. The highest BCUT2D eigenvalue weighted by Gasteiger charge is 2.16. The fourth-order valence-electron chi connectivity index (χ4n) is 1.92. The number of rotatable bonds is 5. The number of anilines is 1. The van der Waals surface area contributed by atoms with Crippen LogP contribution in [0.1, 0.15) is 11.1 Å². The third kappa shape index (κ3) is 3.82. The second kappa shape index (κ2) is 5.97. The molecule has 0 unspecified atom stereocenters. The van der Waals surface area contributed by atoms with E-state index in [4.69, 9.17) is 5.11 Å². The fraction of sp³-hybridized carbons (Fsp3) is 0.133. The Morgan fingerprint density at radius 1 is 1.14 bits per heavy atom. The summed E-state index contributed by atoms with van der Waals surface area (Å²) in [6, 6.07) is 13.0. The lowest BCUT2D eigenvalue weighted by molar-refractivity contribution is -0.136. The number of para-hydroxylation sites is 1. The van der Waals surface area contributed by atoms with Crippen LogP contribution < -0.4 is 4.72 Å². The molecule has 0 spiro atoms. The molecule has 2 aromatic rings. The molecule has 2 N–H and O–H groups in total. The van der Waals surface area contributed by atoms with E-state index in [2.05, 4.69) is 4.72 Å². The molecule has 0 radical (unpaired) electrons. The molecular weight excluding hydrogens is 290 g/mol. The van der Waals surface area contributed by atoms with Crippen LogP contribution in [-0.2, 0) is 21.2 Å². The van der Waals surface area contributed by atoms with Crippen LogP contribution >= 0.6 is 0 Å². The van der Waals surface area contributed by atoms with E-state index in [1.54, 1.807) is 49.4 Å². The summed E-state index contributed by atoms with van der Waals surface area (Å²) in [5.74, 6) is -1.02. The molecule has 2 rings (SSSR count). The molecular formula is C15H15NO4S. The summed E-state index contributed by atoms with van der Waals surface area (Å²) in [6.45, 7) is 1.80. The van der Waals surface area contributed by atoms with Gasteiger partial charge in [0.1, 0.15) is 0 Å². The number of aryl methyl sites for hydroxylation is 1. The number of nitrogens with one attached hydrogen (secondary N) is 1. The summed E-state index contributed by atoms with van der Waals surface area (Å²) < 4.78 is 27.1. The smallest absolute Gasteiger partial charge is 0.307 e. The van der Waals surface area contributed by atoms with E-state index in [9.17, 15) is 13.2 Å². The first-order chi connectivity index (χ1) is 9.88. The SMILES string of the molecule is Cc1cccc(S(=O)(=O)Nc2ccccc2CC(=O)O)c1. The molecule has 5 nitrogen and oxygen atoms in total. The number of hydrogen-bond acceptors (Lipinski definition) is 3. The van der Waals surface area contributed by atoms with Crippen LogP contribution in [0.3, 0.4) is 0 Å². The third-order valence-electron chi connectivity index (χ3n) is 2.90. The van der Waals surface area contributed by atoms with Crippen molar-refractivity contribution in [3.8, 4) is 0 Å². The Hall–Kier alpha value is -2.34. The molecule has 0 aliphatic carbocycles. The summed E-state index contributed by atoms with van der Waals surface area (Å²) >= 11 is 0. The van der Waals surface area contributed by atoms with Gasteiger partial charge in [-0.25, -0.2) is 8.42 Å². The number of carboxylic acid groups (broad SMARTS) is 1. The number of sulfonamides is 1. The molecule has 2 aromatic carbocycles. The summed E-state index contributed by atoms with van der Waals surface area (Å²) in [4.78, 5) is 11.0. The van der Waals surface area contributed by atoms with E-state index < -0.39 is 16.0 Å². The predicted octanol–water partition coefficient (Wildman–Crippen LogP) is 2.42. The molecule has 0 fully saturated rings. The van der Waals surface area contributed by atoms with E-state index in [0.717, 1.165) is 5.56 Å². The number of carboxylic acids is 1. The average molecular weight is 305 g/mol. The minimum absolute atomic E-state index is 0.146. The molecule has 0 aliphatic rings. The molecule has 21 heavy (non-hydrogen) atoms. The Balaban J connectivity index is 2.35. The van der Waals surface area contributed by atoms with Crippen LogP contribution in [0.25, 0.3) is 0 Å². The Labute approximate surface area is 123 Å². The summed E-state index contributed by atoms with van der Waals surface area (Å²) in [5.41, 5.74) is 1.53. The lowest BCUT2D eigenvalue weighted by atomic mass is 10.1. The van der Waals surface area contributed by atoms with Crippen LogP contribution in [0.2, 0.25) is 0 Å². The molecule has 0 bridgehead atoms. The minimum atomic E-state index is -3.74. The van der Waals surface area contributed by atoms with Gasteiger partial charge in [0.2, 0.25) is 0 Å². The van der Waals surface area contributed by atoms with Gasteiger partial charge in [-0.3, -0.25) is 9.52 Å². The Kier molecular flexibility index (Phi) is 4.28. The van der Waals surface area contributed by atoms with E-state index >= 15 is 0 Å². The van der Waals surface area contributed by atoms with Gasteiger partial charge in [0.25, 0.3) is 10.0 Å². The van der Waals surface area contributed by atoms with Crippen LogP contribution in [0.5, 0.6) is 0 Å². The highest BCUT2D eigenvalue weighted by Crippen LogP contribution is 2.21. The first-order valence-corrected chi connectivity index (χ1v) is 7.76. The largest absolute Gasteiger partial charge is 0.481 e. The lowest BCUT2D eigenvalue weighted by Gasteiger charge is -2.12. The van der Waals surface area contributed by atoms with Crippen LogP contribution in [0, 0.1) is 6.92 Å². The molecule has 0 aromatic heterocycles. The zero-order valence-corrected chi connectivity index (χ0v) is 12.2. The Morgan fingerprint density at radius 2 is 1.86 bits per heavy atom. The standard InChI is InChI=1S/C15H15NO4S/c1-11-5-4-7-13(9-11)21(19,20)16-14-8-3-2-6-12(14)10-15(17)18/h2-9,16H,10H2,1H3,(H,17,18). The Bertz CT molecular complexity index is 769. The number of hydrogen-bond donors (Lipinski definition) is 2. The van der Waals surface area contributed by atoms with Crippen LogP contribution in [0.15, 0.2) is 53.4 Å². The van der Waals surface area contributed by atoms with Gasteiger partial charge >= 0.3 is 5.97 Å². The van der Waals surface area contributed by atoms with Gasteiger partial charge in [0.15, 0.2) is 0 Å². The third-order valence-corrected chi connectivity index (χ3v) is 4.27. The zero-order chi connectivity index (χ0) is 15.5. The van der Waals surface area contributed by atoms with Crippen molar-refractivity contribution in [2.24, 2.45) is 0 Å². The van der Waals surface area contributed by atoms with Gasteiger partial charge in [-0.2, -0.15) is 0 Å². The number of carbonyl (C=O) groups is 1. The first kappa shape index (κ1) is 15.1. The second-order valence-electron chi connectivity index (χ2n) is 4.65. The number of aliphatic carboxylic acids is 1. The van der Waals surface area contributed by atoms with Gasteiger partial charge in [0, 0.05) is 0 Å². The summed E-state index contributed by atoms with van der Waals surface area (Å²) in [7, 11) is -3.74. The van der Waals surface area contributed by atoms with Crippen molar-refractivity contribution in [2.75, 3.05) is 4.72 Å². The highest BCUT2D eigenvalue weighted by atomic mass is 32.2. The van der Waals surface area contributed by atoms with Crippen molar-refractivity contribution in [1.29, 1.82) is 0 Å². The van der Waals surface area contributed by atoms with Crippen molar-refractivity contribution >= 4 is 21.7 Å². The van der Waals surface area contributed by atoms with Gasteiger partial charge in [0.05, 0.1) is 17.0 Å². The molecule has 110 valence electrons. The van der Waals surface area contributed by atoms with E-state index in [1.807, 2.05) is 0 Å². The molecule has 6 heteroatoms. The van der Waals surface area contributed by atoms with E-state index in [-0.39, 0.29) is 17.0 Å². The molecule has 0 saturated heterocycles. The van der Waals surface area contributed by atoms with Gasteiger partial charge in [-0.15, -0.1) is 0 Å². The van der Waals surface area contributed by atoms with Crippen LogP contribution in [0.4, 0.5) is 5.69 Å². The highest BCUT2D eigenvalue weighted by molar-refractivity contribution is 7.92. The van der Waals surface area contributed by atoms with Crippen molar-refractivity contribution in [3.63, 3.8) is 0 Å². The summed E-state index contributed by atoms with van der Waals surface area (Å²) in [5, 5.41) is 8.87. The van der Waals surface area contributed by atoms with Gasteiger partial charge in [-0.05, 0) is 36.2 Å². The van der Waals surface area contributed by atoms with Crippen molar-refractivity contribution in [2.45, 2.75) is 18.2 Å². The average Bonchev–Trinajstić information content (AvgIpc) is 2.40. The first-order valence-electron chi connectivity index (χ1n) is 6.28. The topological polar surface area (TPSA) is 83.5 Å². The van der Waals surface area contributed by atoms with Gasteiger partial charge in [-0.1, -0.05) is 30.3 Å². The zero-order valence-electron chi connectivity index (χ0n) is 11.4. The van der Waals surface area contributed by atoms with E-state index in [1.165, 1.54) is 6.07 Å². The monoisotopic (exact) mass is 305 g/mol. The maximum Gasteiger partial charge on any atom is 0.307 e. The van der Waals surface area contributed by atoms with E-state index in [0.29, 0.717) is 5.56 Å². The number of benzene rings is 2. The quantitative estimate of drug-likeness (QED) is 0.888. The van der Waals surface area contributed by atoms with Gasteiger partial charge < -0.3 is 5.11 Å². The predicted molar refractivity (Wildman–Crippen MR) is 79.8 cm³/mol. The Morgan fingerprint density at radius 3 is 2.52 bits per heavy atom. The second-order valence-corrected chi connectivity index (χ2v) is 6.33. The van der Waals surface area contributed by atoms with Crippen molar-refractivity contribution in [3.05, 3.63) is 59.7 Å². The maximum atomic E-state index is 12.3. The molecule has 0 heterocycles. The molecule has 0 amide bonds. The van der Waals surface area contributed by atoms with Crippen molar-refractivity contribution in [1.82, 2.24) is 0 Å². The summed E-state index contributed by atoms with van der Waals surface area (Å²) in [6.07, 6.45) is -0.244. The molecule has 0 saturated carbocycles. The van der Waals surface area contributed by atoms with Crippen LogP contribution in [-0.4, -0.2) is 19.5 Å². The fourth-order valence-corrected chi connectivity index (χ4v) is 3.13.